The van der Waals surface area contributed by atoms with Gasteiger partial charge in [-0.05, 0) is 77.9 Å². The standard InChI is InChI=1S/C27H24N2O4S/c1-2-33-24-15-11-23(12-16-24)29-34(31,32)25-17-13-22(14-18-25)28-27(30)19-10-21-8-5-7-20-6-3-4-9-26(20)21/h3-19,29H,2H2,1H3,(H,28,30). The third-order valence-corrected chi connectivity index (χ3v) is 6.48. The molecule has 6 nitrogen and oxygen atoms in total. The monoisotopic (exact) mass is 472 g/mol. The third kappa shape index (κ3) is 5.63. The molecule has 172 valence electrons. The molecule has 34 heavy (non-hydrogen) atoms. The Hall–Kier alpha value is -4.10. The molecular weight excluding hydrogens is 448 g/mol. The number of carbonyl (C=O) groups is 1. The molecular formula is C27H24N2O4S. The van der Waals surface area contributed by atoms with Crippen molar-refractivity contribution in [2.75, 3.05) is 16.6 Å². The summed E-state index contributed by atoms with van der Waals surface area (Å²) in [5.74, 6) is 0.357. The Morgan fingerprint density at radius 1 is 0.853 bits per heavy atom. The molecule has 0 heterocycles. The maximum absolute atomic E-state index is 12.7. The topological polar surface area (TPSA) is 84.5 Å². The van der Waals surface area contributed by atoms with Crippen LogP contribution in [0.1, 0.15) is 12.5 Å². The first-order chi connectivity index (χ1) is 16.4. The number of rotatable bonds is 8. The number of sulfonamides is 1. The van der Waals surface area contributed by atoms with Gasteiger partial charge >= 0.3 is 0 Å². The van der Waals surface area contributed by atoms with E-state index in [9.17, 15) is 13.2 Å². The highest BCUT2D eigenvalue weighted by Crippen LogP contribution is 2.22. The van der Waals surface area contributed by atoms with Gasteiger partial charge < -0.3 is 10.1 Å². The van der Waals surface area contributed by atoms with Crippen LogP contribution in [0.3, 0.4) is 0 Å². The zero-order valence-corrected chi connectivity index (χ0v) is 19.4. The zero-order valence-electron chi connectivity index (χ0n) is 18.6. The lowest BCUT2D eigenvalue weighted by Gasteiger charge is -2.10. The Morgan fingerprint density at radius 3 is 2.26 bits per heavy atom. The number of carbonyl (C=O) groups excluding carboxylic acids is 1. The number of hydrogen-bond donors (Lipinski definition) is 2. The van der Waals surface area contributed by atoms with Gasteiger partial charge in [0.1, 0.15) is 5.75 Å². The van der Waals surface area contributed by atoms with E-state index < -0.39 is 10.0 Å². The average Bonchev–Trinajstić information content (AvgIpc) is 2.84. The molecule has 4 aromatic rings. The van der Waals surface area contributed by atoms with Crippen molar-refractivity contribution in [3.8, 4) is 5.75 Å². The van der Waals surface area contributed by atoms with Crippen LogP contribution in [0.2, 0.25) is 0 Å². The number of anilines is 2. The van der Waals surface area contributed by atoms with E-state index in [0.717, 1.165) is 16.3 Å². The zero-order chi connectivity index (χ0) is 24.0. The molecule has 7 heteroatoms. The molecule has 0 aliphatic rings. The van der Waals surface area contributed by atoms with Crippen LogP contribution in [0, 0.1) is 0 Å². The minimum atomic E-state index is -3.77. The summed E-state index contributed by atoms with van der Waals surface area (Å²) >= 11 is 0. The van der Waals surface area contributed by atoms with Gasteiger partial charge in [-0.2, -0.15) is 0 Å². The summed E-state index contributed by atoms with van der Waals surface area (Å²) < 4.78 is 33.2. The fraction of sp³-hybridized carbons (Fsp3) is 0.0741. The Bertz CT molecular complexity index is 1420. The van der Waals surface area contributed by atoms with Gasteiger partial charge in [0.25, 0.3) is 10.0 Å². The molecule has 0 unspecified atom stereocenters. The minimum Gasteiger partial charge on any atom is -0.494 e. The molecule has 0 aliphatic carbocycles. The lowest BCUT2D eigenvalue weighted by molar-refractivity contribution is -0.111. The first-order valence-electron chi connectivity index (χ1n) is 10.8. The highest BCUT2D eigenvalue weighted by Gasteiger charge is 2.14. The van der Waals surface area contributed by atoms with Crippen molar-refractivity contribution in [3.63, 3.8) is 0 Å². The van der Waals surface area contributed by atoms with Crippen molar-refractivity contribution < 1.29 is 17.9 Å². The molecule has 0 radical (unpaired) electrons. The summed E-state index contributed by atoms with van der Waals surface area (Å²) in [5.41, 5.74) is 1.86. The number of ether oxygens (including phenoxy) is 1. The lowest BCUT2D eigenvalue weighted by Crippen LogP contribution is -2.13. The van der Waals surface area contributed by atoms with Crippen molar-refractivity contribution in [1.29, 1.82) is 0 Å². The fourth-order valence-electron chi connectivity index (χ4n) is 3.46. The largest absolute Gasteiger partial charge is 0.494 e. The van der Waals surface area contributed by atoms with E-state index in [0.29, 0.717) is 23.7 Å². The van der Waals surface area contributed by atoms with Crippen molar-refractivity contribution >= 4 is 44.2 Å². The predicted octanol–water partition coefficient (Wildman–Crippen LogP) is 5.69. The highest BCUT2D eigenvalue weighted by molar-refractivity contribution is 7.92. The van der Waals surface area contributed by atoms with Crippen LogP contribution >= 0.6 is 0 Å². The maximum atomic E-state index is 12.7. The number of fused-ring (bicyclic) bond motifs is 1. The van der Waals surface area contributed by atoms with Crippen LogP contribution < -0.4 is 14.8 Å². The van der Waals surface area contributed by atoms with Crippen LogP contribution in [0.5, 0.6) is 5.75 Å². The Morgan fingerprint density at radius 2 is 1.53 bits per heavy atom. The van der Waals surface area contributed by atoms with Gasteiger partial charge in [0.05, 0.1) is 11.5 Å². The molecule has 0 aromatic heterocycles. The molecule has 0 spiro atoms. The molecule has 4 aromatic carbocycles. The smallest absolute Gasteiger partial charge is 0.261 e. The first kappa shape index (κ1) is 23.1. The summed E-state index contributed by atoms with van der Waals surface area (Å²) in [4.78, 5) is 12.5. The minimum absolute atomic E-state index is 0.0886. The van der Waals surface area contributed by atoms with E-state index in [1.165, 1.54) is 18.2 Å². The second-order valence-electron chi connectivity index (χ2n) is 7.48. The Labute approximate surface area is 198 Å². The van der Waals surface area contributed by atoms with Crippen molar-refractivity contribution in [3.05, 3.63) is 103 Å². The van der Waals surface area contributed by atoms with Crippen LogP contribution in [-0.4, -0.2) is 20.9 Å². The molecule has 1 amide bonds. The van der Waals surface area contributed by atoms with E-state index >= 15 is 0 Å². The van der Waals surface area contributed by atoms with Gasteiger partial charge in [-0.25, -0.2) is 8.42 Å². The number of nitrogens with one attached hydrogen (secondary N) is 2. The molecule has 0 saturated carbocycles. The second kappa shape index (κ2) is 10.2. The maximum Gasteiger partial charge on any atom is 0.261 e. The number of amides is 1. The summed E-state index contributed by atoms with van der Waals surface area (Å²) in [6.07, 6.45) is 3.22. The third-order valence-electron chi connectivity index (χ3n) is 5.09. The van der Waals surface area contributed by atoms with Gasteiger partial charge in [-0.1, -0.05) is 42.5 Å². The van der Waals surface area contributed by atoms with E-state index in [-0.39, 0.29) is 10.8 Å². The summed E-state index contributed by atoms with van der Waals surface area (Å²) in [6.45, 7) is 2.41. The van der Waals surface area contributed by atoms with Crippen LogP contribution in [0.25, 0.3) is 16.8 Å². The predicted molar refractivity (Wildman–Crippen MR) is 136 cm³/mol. The summed E-state index contributed by atoms with van der Waals surface area (Å²) in [7, 11) is -3.77. The normalized spacial score (nSPS) is 11.4. The van der Waals surface area contributed by atoms with Gasteiger partial charge in [0, 0.05) is 17.5 Å². The van der Waals surface area contributed by atoms with Crippen LogP contribution in [0.15, 0.2) is 102 Å². The molecule has 0 fully saturated rings. The van der Waals surface area contributed by atoms with Crippen molar-refractivity contribution in [2.24, 2.45) is 0 Å². The Kier molecular flexibility index (Phi) is 6.94. The highest BCUT2D eigenvalue weighted by atomic mass is 32.2. The second-order valence-corrected chi connectivity index (χ2v) is 9.16. The lowest BCUT2D eigenvalue weighted by atomic mass is 10.0. The molecule has 0 bridgehead atoms. The van der Waals surface area contributed by atoms with Crippen molar-refractivity contribution in [2.45, 2.75) is 11.8 Å². The summed E-state index contributed by atoms with van der Waals surface area (Å²) in [5, 5.41) is 4.91. The van der Waals surface area contributed by atoms with Crippen molar-refractivity contribution in [1.82, 2.24) is 0 Å². The molecule has 4 rings (SSSR count). The number of hydrogen-bond acceptors (Lipinski definition) is 4. The number of benzene rings is 4. The van der Waals surface area contributed by atoms with Gasteiger partial charge in [0.2, 0.25) is 5.91 Å². The van der Waals surface area contributed by atoms with E-state index in [1.54, 1.807) is 42.5 Å². The van der Waals surface area contributed by atoms with E-state index in [4.69, 9.17) is 4.74 Å². The average molecular weight is 473 g/mol. The van der Waals surface area contributed by atoms with Gasteiger partial charge in [-0.15, -0.1) is 0 Å². The van der Waals surface area contributed by atoms with Crippen LogP contribution in [0.4, 0.5) is 11.4 Å². The SMILES string of the molecule is CCOc1ccc(NS(=O)(=O)c2ccc(NC(=O)C=Cc3cccc4ccccc34)cc2)cc1. The molecule has 0 saturated heterocycles. The van der Waals surface area contributed by atoms with Gasteiger partial charge in [0.15, 0.2) is 0 Å². The Balaban J connectivity index is 1.40. The molecule has 0 aliphatic heterocycles. The van der Waals surface area contributed by atoms with E-state index in [2.05, 4.69) is 10.0 Å². The fourth-order valence-corrected chi connectivity index (χ4v) is 4.52. The van der Waals surface area contributed by atoms with Crippen LogP contribution in [-0.2, 0) is 14.8 Å². The first-order valence-corrected chi connectivity index (χ1v) is 12.3. The van der Waals surface area contributed by atoms with Gasteiger partial charge in [-0.3, -0.25) is 9.52 Å². The summed E-state index contributed by atoms with van der Waals surface area (Å²) in [6, 6.07) is 26.5. The molecule has 2 N–H and O–H groups in total. The van der Waals surface area contributed by atoms with E-state index in [1.807, 2.05) is 49.4 Å². The molecule has 0 atom stereocenters. The quantitative estimate of drug-likeness (QED) is 0.323.